The first-order valence-electron chi connectivity index (χ1n) is 10.3. The summed E-state index contributed by atoms with van der Waals surface area (Å²) in [6, 6.07) is 17.7. The predicted molar refractivity (Wildman–Crippen MR) is 117 cm³/mol. The van der Waals surface area contributed by atoms with E-state index in [4.69, 9.17) is 4.74 Å². The number of fused-ring (bicyclic) bond motifs is 3. The Bertz CT molecular complexity index is 1150. The van der Waals surface area contributed by atoms with Gasteiger partial charge in [0, 0.05) is 12.5 Å². The van der Waals surface area contributed by atoms with Crippen LogP contribution in [0.3, 0.4) is 0 Å². The van der Waals surface area contributed by atoms with Crippen LogP contribution >= 0.6 is 0 Å². The summed E-state index contributed by atoms with van der Waals surface area (Å²) in [5.41, 5.74) is 3.83. The zero-order valence-electron chi connectivity index (χ0n) is 17.4. The van der Waals surface area contributed by atoms with Crippen LogP contribution in [-0.4, -0.2) is 47.0 Å². The quantitative estimate of drug-likeness (QED) is 0.410. The Labute approximate surface area is 189 Å². The van der Waals surface area contributed by atoms with E-state index in [2.05, 4.69) is 5.32 Å². The van der Waals surface area contributed by atoms with Gasteiger partial charge in [0.15, 0.2) is 17.9 Å². The Morgan fingerprint density at radius 1 is 1.06 bits per heavy atom. The standard InChI is InChI=1S/C25H22FNO6/c26-21-10-14(9-15(12-28)23(21)30)24(31)22(29)11-27-25(32)33-13-20-18-7-3-1-5-16(18)17-6-2-4-8-19(17)20/h1-10,12,20,22,24,29-31H,11,13H2,(H,27,32). The smallest absolute Gasteiger partial charge is 0.407 e. The zero-order chi connectivity index (χ0) is 23.5. The number of alkyl carbamates (subject to hydrolysis) is 1. The summed E-state index contributed by atoms with van der Waals surface area (Å²) in [6.45, 7) is -0.291. The second-order valence-electron chi connectivity index (χ2n) is 7.78. The number of phenols is 1. The van der Waals surface area contributed by atoms with E-state index in [1.165, 1.54) is 0 Å². The van der Waals surface area contributed by atoms with Crippen LogP contribution in [0, 0.1) is 5.82 Å². The van der Waals surface area contributed by atoms with Gasteiger partial charge >= 0.3 is 6.09 Å². The lowest BCUT2D eigenvalue weighted by molar-refractivity contribution is 0.0183. The van der Waals surface area contributed by atoms with E-state index in [1.54, 1.807) is 0 Å². The van der Waals surface area contributed by atoms with Crippen LogP contribution in [0.5, 0.6) is 5.75 Å². The van der Waals surface area contributed by atoms with Crippen LogP contribution in [-0.2, 0) is 4.74 Å². The van der Waals surface area contributed by atoms with Crippen molar-refractivity contribution in [2.24, 2.45) is 0 Å². The Hall–Kier alpha value is -3.75. The number of nitrogens with one attached hydrogen (secondary N) is 1. The summed E-state index contributed by atoms with van der Waals surface area (Å²) in [5, 5.41) is 32.3. The highest BCUT2D eigenvalue weighted by Gasteiger charge is 2.29. The summed E-state index contributed by atoms with van der Waals surface area (Å²) in [7, 11) is 0. The molecule has 8 heteroatoms. The van der Waals surface area contributed by atoms with Gasteiger partial charge in [-0.2, -0.15) is 0 Å². The summed E-state index contributed by atoms with van der Waals surface area (Å²) in [6.07, 6.45) is -3.66. The van der Waals surface area contributed by atoms with Crippen molar-refractivity contribution in [3.8, 4) is 16.9 Å². The van der Waals surface area contributed by atoms with Crippen molar-refractivity contribution in [2.45, 2.75) is 18.1 Å². The molecule has 0 radical (unpaired) electrons. The van der Waals surface area contributed by atoms with Crippen molar-refractivity contribution >= 4 is 12.4 Å². The molecule has 2 atom stereocenters. The number of carbonyl (C=O) groups excluding carboxylic acids is 2. The minimum Gasteiger partial charge on any atom is -0.504 e. The van der Waals surface area contributed by atoms with E-state index in [-0.39, 0.29) is 36.5 Å². The number of carbonyl (C=O) groups is 2. The number of aromatic hydroxyl groups is 1. The molecule has 1 aliphatic carbocycles. The van der Waals surface area contributed by atoms with Crippen LogP contribution in [0.1, 0.15) is 39.1 Å². The fraction of sp³-hybridized carbons (Fsp3) is 0.200. The number of ether oxygens (including phenoxy) is 1. The van der Waals surface area contributed by atoms with E-state index in [0.29, 0.717) is 0 Å². The monoisotopic (exact) mass is 451 g/mol. The molecule has 0 spiro atoms. The van der Waals surface area contributed by atoms with Gasteiger partial charge in [-0.25, -0.2) is 9.18 Å². The van der Waals surface area contributed by atoms with Crippen LogP contribution in [0.4, 0.5) is 9.18 Å². The number of aliphatic hydroxyl groups is 2. The molecule has 1 amide bonds. The fourth-order valence-electron chi connectivity index (χ4n) is 4.07. The van der Waals surface area contributed by atoms with Gasteiger partial charge in [-0.1, -0.05) is 48.5 Å². The SMILES string of the molecule is O=Cc1cc(C(O)C(O)CNC(=O)OCC2c3ccccc3-c3ccccc32)cc(F)c1O. The topological polar surface area (TPSA) is 116 Å². The third-order valence-corrected chi connectivity index (χ3v) is 5.75. The maximum Gasteiger partial charge on any atom is 0.407 e. The highest BCUT2D eigenvalue weighted by atomic mass is 19.1. The Kier molecular flexibility index (Phi) is 6.39. The number of aliphatic hydroxyl groups excluding tert-OH is 2. The molecule has 0 aliphatic heterocycles. The maximum atomic E-state index is 13.7. The molecule has 0 heterocycles. The van der Waals surface area contributed by atoms with Gasteiger partial charge in [0.1, 0.15) is 18.8 Å². The third-order valence-electron chi connectivity index (χ3n) is 5.75. The van der Waals surface area contributed by atoms with Crippen LogP contribution < -0.4 is 5.32 Å². The molecule has 0 aromatic heterocycles. The molecule has 2 unspecified atom stereocenters. The second-order valence-corrected chi connectivity index (χ2v) is 7.78. The highest BCUT2D eigenvalue weighted by Crippen LogP contribution is 2.44. The van der Waals surface area contributed by atoms with Gasteiger partial charge in [0.25, 0.3) is 0 Å². The van der Waals surface area contributed by atoms with E-state index in [9.17, 15) is 29.3 Å². The molecule has 7 nitrogen and oxygen atoms in total. The fourth-order valence-corrected chi connectivity index (χ4v) is 4.07. The molecule has 0 bridgehead atoms. The minimum absolute atomic E-state index is 0.0877. The lowest BCUT2D eigenvalue weighted by Crippen LogP contribution is -2.36. The highest BCUT2D eigenvalue weighted by molar-refractivity contribution is 5.80. The number of benzene rings is 3. The molecular weight excluding hydrogens is 429 g/mol. The van der Waals surface area contributed by atoms with E-state index < -0.39 is 29.9 Å². The normalized spacial score (nSPS) is 14.2. The summed E-state index contributed by atoms with van der Waals surface area (Å²) < 4.78 is 19.1. The minimum atomic E-state index is -1.60. The first-order valence-corrected chi connectivity index (χ1v) is 10.3. The Balaban J connectivity index is 1.36. The molecule has 170 valence electrons. The van der Waals surface area contributed by atoms with E-state index in [0.717, 1.165) is 34.4 Å². The van der Waals surface area contributed by atoms with Gasteiger partial charge in [-0.3, -0.25) is 4.79 Å². The maximum absolute atomic E-state index is 13.7. The molecule has 3 aromatic rings. The molecule has 4 rings (SSSR count). The van der Waals surface area contributed by atoms with Crippen molar-refractivity contribution in [1.82, 2.24) is 5.32 Å². The summed E-state index contributed by atoms with van der Waals surface area (Å²) in [5.74, 6) is -2.07. The number of rotatable bonds is 7. The van der Waals surface area contributed by atoms with Crippen LogP contribution in [0.15, 0.2) is 60.7 Å². The van der Waals surface area contributed by atoms with Crippen LogP contribution in [0.25, 0.3) is 11.1 Å². The molecule has 33 heavy (non-hydrogen) atoms. The average Bonchev–Trinajstić information content (AvgIpc) is 3.16. The largest absolute Gasteiger partial charge is 0.504 e. The van der Waals surface area contributed by atoms with E-state index >= 15 is 0 Å². The third kappa shape index (κ3) is 4.44. The first-order chi connectivity index (χ1) is 15.9. The second kappa shape index (κ2) is 9.40. The van der Waals surface area contributed by atoms with Crippen LogP contribution in [0.2, 0.25) is 0 Å². The van der Waals surface area contributed by atoms with Crippen molar-refractivity contribution in [2.75, 3.05) is 13.2 Å². The lowest BCUT2D eigenvalue weighted by Gasteiger charge is -2.20. The number of aldehydes is 1. The van der Waals surface area contributed by atoms with Gasteiger partial charge in [0.05, 0.1) is 5.56 Å². The average molecular weight is 451 g/mol. The molecule has 0 fully saturated rings. The summed E-state index contributed by atoms with van der Waals surface area (Å²) in [4.78, 5) is 23.2. The number of hydrogen-bond donors (Lipinski definition) is 4. The Morgan fingerprint density at radius 3 is 2.27 bits per heavy atom. The Morgan fingerprint density at radius 2 is 1.67 bits per heavy atom. The molecule has 3 aromatic carbocycles. The number of hydrogen-bond acceptors (Lipinski definition) is 6. The molecule has 4 N–H and O–H groups in total. The molecular formula is C25H22FNO6. The lowest BCUT2D eigenvalue weighted by atomic mass is 9.98. The van der Waals surface area contributed by atoms with Crippen molar-refractivity contribution in [3.63, 3.8) is 0 Å². The molecule has 0 saturated carbocycles. The number of amides is 1. The first kappa shape index (κ1) is 22.4. The number of halogens is 1. The van der Waals surface area contributed by atoms with Gasteiger partial charge < -0.3 is 25.4 Å². The zero-order valence-corrected chi connectivity index (χ0v) is 17.4. The van der Waals surface area contributed by atoms with Gasteiger partial charge in [-0.05, 0) is 39.9 Å². The molecule has 0 saturated heterocycles. The van der Waals surface area contributed by atoms with Crippen molar-refractivity contribution < 1.29 is 34.0 Å². The van der Waals surface area contributed by atoms with Crippen molar-refractivity contribution in [3.05, 3.63) is 88.7 Å². The number of phenolic OH excluding ortho intramolecular Hbond substituents is 1. The summed E-state index contributed by atoms with van der Waals surface area (Å²) >= 11 is 0. The molecule has 1 aliphatic rings. The van der Waals surface area contributed by atoms with E-state index in [1.807, 2.05) is 48.5 Å². The van der Waals surface area contributed by atoms with Crippen molar-refractivity contribution in [1.29, 1.82) is 0 Å². The van der Waals surface area contributed by atoms with Gasteiger partial charge in [-0.15, -0.1) is 0 Å². The van der Waals surface area contributed by atoms with Gasteiger partial charge in [0.2, 0.25) is 0 Å². The predicted octanol–water partition coefficient (Wildman–Crippen LogP) is 3.28.